The van der Waals surface area contributed by atoms with Crippen LogP contribution in [0.25, 0.3) is 11.1 Å². The summed E-state index contributed by atoms with van der Waals surface area (Å²) in [6, 6.07) is 14.0. The zero-order valence-electron chi connectivity index (χ0n) is 10.0. The smallest absolute Gasteiger partial charge is 0.123 e. The van der Waals surface area contributed by atoms with Crippen molar-refractivity contribution in [2.45, 2.75) is 12.5 Å². The zero-order valence-corrected chi connectivity index (χ0v) is 10.0. The molecule has 18 heavy (non-hydrogen) atoms. The fraction of sp³-hybridized carbons (Fsp3) is 0.200. The van der Waals surface area contributed by atoms with Crippen LogP contribution >= 0.6 is 0 Å². The summed E-state index contributed by atoms with van der Waals surface area (Å²) in [4.78, 5) is 0. The van der Waals surface area contributed by atoms with Crippen LogP contribution in [0.5, 0.6) is 0 Å². The lowest BCUT2D eigenvalue weighted by Crippen LogP contribution is -2.11. The number of halogens is 1. The Morgan fingerprint density at radius 3 is 2.39 bits per heavy atom. The average molecular weight is 245 g/mol. The van der Waals surface area contributed by atoms with E-state index in [-0.39, 0.29) is 18.5 Å². The second-order valence-corrected chi connectivity index (χ2v) is 4.25. The highest BCUT2D eigenvalue weighted by Gasteiger charge is 2.05. The lowest BCUT2D eigenvalue weighted by Gasteiger charge is -2.11. The van der Waals surface area contributed by atoms with Crippen LogP contribution in [0, 0.1) is 5.82 Å². The van der Waals surface area contributed by atoms with Crippen LogP contribution in [0.2, 0.25) is 0 Å². The minimum absolute atomic E-state index is 0.0762. The van der Waals surface area contributed by atoms with Gasteiger partial charge in [-0.25, -0.2) is 4.39 Å². The summed E-state index contributed by atoms with van der Waals surface area (Å²) in [5.41, 5.74) is 8.67. The Bertz CT molecular complexity index is 510. The number of hydrogen-bond donors (Lipinski definition) is 2. The minimum Gasteiger partial charge on any atom is -0.396 e. The Labute approximate surface area is 106 Å². The average Bonchev–Trinajstić information content (AvgIpc) is 2.39. The van der Waals surface area contributed by atoms with Crippen LogP contribution in [0.3, 0.4) is 0 Å². The zero-order chi connectivity index (χ0) is 13.0. The Balaban J connectivity index is 2.22. The van der Waals surface area contributed by atoms with E-state index in [0.717, 1.165) is 16.7 Å². The molecule has 0 heterocycles. The van der Waals surface area contributed by atoms with Gasteiger partial charge in [0.2, 0.25) is 0 Å². The van der Waals surface area contributed by atoms with E-state index in [1.54, 1.807) is 6.07 Å². The van der Waals surface area contributed by atoms with Crippen molar-refractivity contribution in [2.75, 3.05) is 6.61 Å². The number of aliphatic hydroxyl groups is 1. The first kappa shape index (κ1) is 12.7. The molecule has 0 aliphatic rings. The predicted molar refractivity (Wildman–Crippen MR) is 70.5 cm³/mol. The molecule has 3 N–H and O–H groups in total. The van der Waals surface area contributed by atoms with E-state index in [1.165, 1.54) is 12.1 Å². The van der Waals surface area contributed by atoms with Gasteiger partial charge in [-0.05, 0) is 35.2 Å². The molecule has 0 radical (unpaired) electrons. The quantitative estimate of drug-likeness (QED) is 0.870. The summed E-state index contributed by atoms with van der Waals surface area (Å²) in [6.45, 7) is 0.0762. The van der Waals surface area contributed by atoms with E-state index in [2.05, 4.69) is 0 Å². The third-order valence-corrected chi connectivity index (χ3v) is 2.94. The molecule has 1 atom stereocenters. The molecule has 2 aromatic carbocycles. The molecule has 0 saturated carbocycles. The molecule has 94 valence electrons. The van der Waals surface area contributed by atoms with Crippen molar-refractivity contribution >= 4 is 0 Å². The number of benzene rings is 2. The highest BCUT2D eigenvalue weighted by atomic mass is 19.1. The molecule has 2 aromatic rings. The van der Waals surface area contributed by atoms with Crippen LogP contribution < -0.4 is 5.73 Å². The molecule has 3 heteroatoms. The molecular formula is C15H16FNO. The molecular weight excluding hydrogens is 229 g/mol. The highest BCUT2D eigenvalue weighted by molar-refractivity contribution is 5.63. The molecule has 0 bridgehead atoms. The fourth-order valence-corrected chi connectivity index (χ4v) is 1.90. The summed E-state index contributed by atoms with van der Waals surface area (Å²) in [7, 11) is 0. The number of aliphatic hydroxyl groups excluding tert-OH is 1. The highest BCUT2D eigenvalue weighted by Crippen LogP contribution is 2.22. The van der Waals surface area contributed by atoms with Crippen LogP contribution in [0.4, 0.5) is 4.39 Å². The van der Waals surface area contributed by atoms with Crippen LogP contribution in [0.1, 0.15) is 18.0 Å². The molecule has 0 aromatic heterocycles. The van der Waals surface area contributed by atoms with Gasteiger partial charge in [0.25, 0.3) is 0 Å². The molecule has 2 rings (SSSR count). The van der Waals surface area contributed by atoms with Gasteiger partial charge >= 0.3 is 0 Å². The van der Waals surface area contributed by atoms with Crippen molar-refractivity contribution in [1.29, 1.82) is 0 Å². The molecule has 0 fully saturated rings. The summed E-state index contributed by atoms with van der Waals surface area (Å²) in [5, 5.41) is 8.84. The first-order valence-electron chi connectivity index (χ1n) is 5.93. The van der Waals surface area contributed by atoms with Gasteiger partial charge in [-0.3, -0.25) is 0 Å². The van der Waals surface area contributed by atoms with Gasteiger partial charge in [-0.15, -0.1) is 0 Å². The Kier molecular flexibility index (Phi) is 4.07. The number of hydrogen-bond acceptors (Lipinski definition) is 2. The van der Waals surface area contributed by atoms with Gasteiger partial charge in [0, 0.05) is 12.6 Å². The largest absolute Gasteiger partial charge is 0.396 e. The van der Waals surface area contributed by atoms with Gasteiger partial charge in [-0.1, -0.05) is 36.4 Å². The van der Waals surface area contributed by atoms with Crippen LogP contribution in [-0.2, 0) is 0 Å². The van der Waals surface area contributed by atoms with E-state index in [4.69, 9.17) is 10.8 Å². The first-order valence-corrected chi connectivity index (χ1v) is 5.93. The topological polar surface area (TPSA) is 46.2 Å². The molecule has 0 aliphatic carbocycles. The van der Waals surface area contributed by atoms with Crippen molar-refractivity contribution < 1.29 is 9.50 Å². The van der Waals surface area contributed by atoms with E-state index in [9.17, 15) is 4.39 Å². The van der Waals surface area contributed by atoms with Crippen molar-refractivity contribution in [3.8, 4) is 11.1 Å². The predicted octanol–water partition coefficient (Wildman–Crippen LogP) is 2.87. The third kappa shape index (κ3) is 2.94. The van der Waals surface area contributed by atoms with Crippen molar-refractivity contribution in [1.82, 2.24) is 0 Å². The lowest BCUT2D eigenvalue weighted by molar-refractivity contribution is 0.276. The van der Waals surface area contributed by atoms with Gasteiger partial charge in [0.1, 0.15) is 5.82 Å². The normalized spacial score (nSPS) is 12.4. The Hall–Kier alpha value is -1.71. The second-order valence-electron chi connectivity index (χ2n) is 4.25. The minimum atomic E-state index is -0.242. The van der Waals surface area contributed by atoms with Gasteiger partial charge in [-0.2, -0.15) is 0 Å². The van der Waals surface area contributed by atoms with Gasteiger partial charge < -0.3 is 10.8 Å². The summed E-state index contributed by atoms with van der Waals surface area (Å²) in [6.07, 6.45) is 0.541. The molecule has 0 aliphatic heterocycles. The van der Waals surface area contributed by atoms with E-state index in [0.29, 0.717) is 6.42 Å². The summed E-state index contributed by atoms with van der Waals surface area (Å²) < 4.78 is 13.1. The van der Waals surface area contributed by atoms with E-state index in [1.807, 2.05) is 30.3 Å². The maximum Gasteiger partial charge on any atom is 0.123 e. The summed E-state index contributed by atoms with van der Waals surface area (Å²) >= 11 is 0. The maximum atomic E-state index is 13.1. The van der Waals surface area contributed by atoms with Crippen LogP contribution in [-0.4, -0.2) is 11.7 Å². The van der Waals surface area contributed by atoms with Gasteiger partial charge in [0.15, 0.2) is 0 Å². The molecule has 1 unspecified atom stereocenters. The first-order chi connectivity index (χ1) is 8.70. The Morgan fingerprint density at radius 2 is 1.78 bits per heavy atom. The van der Waals surface area contributed by atoms with E-state index < -0.39 is 0 Å². The standard InChI is InChI=1S/C15H16FNO/c16-14-3-1-2-13(10-14)11-4-6-12(7-5-11)15(17)8-9-18/h1-7,10,15,18H,8-9,17H2. The fourth-order valence-electron chi connectivity index (χ4n) is 1.90. The summed E-state index contributed by atoms with van der Waals surface area (Å²) in [5.74, 6) is -0.242. The second kappa shape index (κ2) is 5.76. The SMILES string of the molecule is NC(CCO)c1ccc(-c2cccc(F)c2)cc1. The van der Waals surface area contributed by atoms with Crippen molar-refractivity contribution in [3.63, 3.8) is 0 Å². The van der Waals surface area contributed by atoms with Crippen LogP contribution in [0.15, 0.2) is 48.5 Å². The lowest BCUT2D eigenvalue weighted by atomic mass is 10.00. The molecule has 0 saturated heterocycles. The Morgan fingerprint density at radius 1 is 1.06 bits per heavy atom. The van der Waals surface area contributed by atoms with Gasteiger partial charge in [0.05, 0.1) is 0 Å². The van der Waals surface area contributed by atoms with E-state index >= 15 is 0 Å². The number of rotatable bonds is 4. The molecule has 2 nitrogen and oxygen atoms in total. The maximum absolute atomic E-state index is 13.1. The molecule has 0 spiro atoms. The van der Waals surface area contributed by atoms with Crippen molar-refractivity contribution in [3.05, 3.63) is 59.9 Å². The monoisotopic (exact) mass is 245 g/mol. The van der Waals surface area contributed by atoms with Crippen molar-refractivity contribution in [2.24, 2.45) is 5.73 Å². The third-order valence-electron chi connectivity index (χ3n) is 2.94. The molecule has 0 amide bonds. The number of nitrogens with two attached hydrogens (primary N) is 1.